The lowest BCUT2D eigenvalue weighted by atomic mass is 9.79. The Hall–Kier alpha value is -1.62. The van der Waals surface area contributed by atoms with Gasteiger partial charge in [0.05, 0.1) is 25.9 Å². The van der Waals surface area contributed by atoms with Crippen LogP contribution in [0.5, 0.6) is 5.75 Å². The summed E-state index contributed by atoms with van der Waals surface area (Å²) in [6.07, 6.45) is 6.12. The third-order valence-electron chi connectivity index (χ3n) is 4.82. The fourth-order valence-electron chi connectivity index (χ4n) is 3.55. The number of rotatable bonds is 6. The molecule has 3 rings (SSSR count). The SMILES string of the molecule is CC(C)CC(=O)N1CC2(C1)OCC[C@H]2CCOc1cccnc1. The van der Waals surface area contributed by atoms with Gasteiger partial charge in [0.15, 0.2) is 0 Å². The van der Waals surface area contributed by atoms with E-state index >= 15 is 0 Å². The number of carbonyl (C=O) groups is 1. The van der Waals surface area contributed by atoms with E-state index < -0.39 is 0 Å². The van der Waals surface area contributed by atoms with Gasteiger partial charge in [0.1, 0.15) is 11.4 Å². The van der Waals surface area contributed by atoms with Crippen molar-refractivity contribution >= 4 is 5.91 Å². The zero-order valence-corrected chi connectivity index (χ0v) is 14.0. The van der Waals surface area contributed by atoms with Gasteiger partial charge in [0, 0.05) is 19.2 Å². The molecule has 0 radical (unpaired) electrons. The predicted octanol–water partition coefficient (Wildman–Crippen LogP) is 2.51. The topological polar surface area (TPSA) is 51.7 Å². The highest BCUT2D eigenvalue weighted by molar-refractivity contribution is 5.77. The molecule has 1 aromatic heterocycles. The summed E-state index contributed by atoms with van der Waals surface area (Å²) in [5.41, 5.74) is -0.120. The number of ether oxygens (including phenoxy) is 2. The smallest absolute Gasteiger partial charge is 0.223 e. The second kappa shape index (κ2) is 6.87. The summed E-state index contributed by atoms with van der Waals surface area (Å²) >= 11 is 0. The Balaban J connectivity index is 1.46. The van der Waals surface area contributed by atoms with Crippen LogP contribution in [0.1, 0.15) is 33.1 Å². The van der Waals surface area contributed by atoms with Crippen molar-refractivity contribution in [2.75, 3.05) is 26.3 Å². The molecule has 1 atom stereocenters. The molecule has 0 bridgehead atoms. The number of carbonyl (C=O) groups excluding carboxylic acids is 1. The van der Waals surface area contributed by atoms with Crippen molar-refractivity contribution in [3.05, 3.63) is 24.5 Å². The maximum Gasteiger partial charge on any atom is 0.223 e. The lowest BCUT2D eigenvalue weighted by Gasteiger charge is -2.50. The van der Waals surface area contributed by atoms with Crippen LogP contribution in [-0.4, -0.2) is 47.7 Å². The van der Waals surface area contributed by atoms with Crippen molar-refractivity contribution < 1.29 is 14.3 Å². The monoisotopic (exact) mass is 318 g/mol. The Morgan fingerprint density at radius 1 is 1.52 bits per heavy atom. The molecule has 126 valence electrons. The molecule has 0 aromatic carbocycles. The maximum atomic E-state index is 12.1. The number of pyridine rings is 1. The number of likely N-dealkylation sites (tertiary alicyclic amines) is 1. The van der Waals surface area contributed by atoms with Crippen LogP contribution in [0.3, 0.4) is 0 Å². The highest BCUT2D eigenvalue weighted by Crippen LogP contribution is 2.42. The van der Waals surface area contributed by atoms with E-state index in [-0.39, 0.29) is 11.5 Å². The first-order valence-corrected chi connectivity index (χ1v) is 8.53. The van der Waals surface area contributed by atoms with Gasteiger partial charge in [-0.15, -0.1) is 0 Å². The molecule has 5 heteroatoms. The second-order valence-electron chi connectivity index (χ2n) is 7.07. The minimum Gasteiger partial charge on any atom is -0.492 e. The van der Waals surface area contributed by atoms with Gasteiger partial charge in [-0.1, -0.05) is 13.8 Å². The lowest BCUT2D eigenvalue weighted by molar-refractivity contribution is -0.166. The van der Waals surface area contributed by atoms with E-state index in [1.54, 1.807) is 12.4 Å². The van der Waals surface area contributed by atoms with Crippen molar-refractivity contribution in [3.63, 3.8) is 0 Å². The van der Waals surface area contributed by atoms with Crippen molar-refractivity contribution in [1.82, 2.24) is 9.88 Å². The van der Waals surface area contributed by atoms with Crippen molar-refractivity contribution in [2.45, 2.75) is 38.7 Å². The Kier molecular flexibility index (Phi) is 4.85. The van der Waals surface area contributed by atoms with Gasteiger partial charge >= 0.3 is 0 Å². The van der Waals surface area contributed by atoms with Crippen LogP contribution in [0.4, 0.5) is 0 Å². The molecule has 2 saturated heterocycles. The summed E-state index contributed by atoms with van der Waals surface area (Å²) in [6.45, 7) is 7.12. The molecule has 1 aromatic rings. The number of hydrogen-bond acceptors (Lipinski definition) is 4. The highest BCUT2D eigenvalue weighted by atomic mass is 16.5. The third kappa shape index (κ3) is 3.66. The minimum absolute atomic E-state index is 0.120. The van der Waals surface area contributed by atoms with Crippen LogP contribution in [0.2, 0.25) is 0 Å². The summed E-state index contributed by atoms with van der Waals surface area (Å²) in [7, 11) is 0. The molecule has 23 heavy (non-hydrogen) atoms. The first kappa shape index (κ1) is 16.2. The normalized spacial score (nSPS) is 22.4. The van der Waals surface area contributed by atoms with E-state index in [0.29, 0.717) is 24.9 Å². The fraction of sp³-hybridized carbons (Fsp3) is 0.667. The van der Waals surface area contributed by atoms with Crippen LogP contribution in [0, 0.1) is 11.8 Å². The van der Waals surface area contributed by atoms with Gasteiger partial charge in [-0.3, -0.25) is 9.78 Å². The molecule has 2 fully saturated rings. The van der Waals surface area contributed by atoms with Gasteiger partial charge in [0.25, 0.3) is 0 Å². The van der Waals surface area contributed by atoms with Gasteiger partial charge in [0.2, 0.25) is 5.91 Å². The van der Waals surface area contributed by atoms with E-state index in [1.165, 1.54) is 0 Å². The van der Waals surface area contributed by atoms with Crippen LogP contribution in [0.15, 0.2) is 24.5 Å². The predicted molar refractivity (Wildman–Crippen MR) is 87.2 cm³/mol. The van der Waals surface area contributed by atoms with E-state index in [0.717, 1.165) is 38.3 Å². The molecule has 2 aliphatic heterocycles. The zero-order chi connectivity index (χ0) is 16.3. The average Bonchev–Trinajstić information content (AvgIpc) is 2.90. The third-order valence-corrected chi connectivity index (χ3v) is 4.82. The molecule has 1 spiro atoms. The molecule has 0 N–H and O–H groups in total. The summed E-state index contributed by atoms with van der Waals surface area (Å²) in [6, 6.07) is 3.79. The number of amides is 1. The molecule has 0 saturated carbocycles. The van der Waals surface area contributed by atoms with Crippen molar-refractivity contribution in [2.24, 2.45) is 11.8 Å². The van der Waals surface area contributed by atoms with E-state index in [1.807, 2.05) is 17.0 Å². The highest BCUT2D eigenvalue weighted by Gasteiger charge is 2.53. The minimum atomic E-state index is -0.120. The number of nitrogens with zero attached hydrogens (tertiary/aromatic N) is 2. The van der Waals surface area contributed by atoms with Crippen LogP contribution in [-0.2, 0) is 9.53 Å². The first-order chi connectivity index (χ1) is 11.1. The number of hydrogen-bond donors (Lipinski definition) is 0. The molecule has 2 aliphatic rings. The maximum absolute atomic E-state index is 12.1. The van der Waals surface area contributed by atoms with E-state index in [4.69, 9.17) is 9.47 Å². The van der Waals surface area contributed by atoms with Crippen LogP contribution >= 0.6 is 0 Å². The lowest BCUT2D eigenvalue weighted by Crippen LogP contribution is -2.66. The molecule has 5 nitrogen and oxygen atoms in total. The van der Waals surface area contributed by atoms with Gasteiger partial charge in [-0.2, -0.15) is 0 Å². The molecule has 0 unspecified atom stereocenters. The van der Waals surface area contributed by atoms with Crippen molar-refractivity contribution in [3.8, 4) is 5.75 Å². The molecule has 3 heterocycles. The van der Waals surface area contributed by atoms with E-state index in [9.17, 15) is 4.79 Å². The molecular weight excluding hydrogens is 292 g/mol. The Morgan fingerprint density at radius 2 is 2.35 bits per heavy atom. The van der Waals surface area contributed by atoms with Gasteiger partial charge in [-0.05, 0) is 36.8 Å². The standard InChI is InChI=1S/C18H26N2O3/c1-14(2)10-17(21)20-12-18(13-20)15(6-9-23-18)5-8-22-16-4-3-7-19-11-16/h3-4,7,11,14-15H,5-6,8-10,12-13H2,1-2H3/t15-/m1/s1. The second-order valence-corrected chi connectivity index (χ2v) is 7.07. The average molecular weight is 318 g/mol. The quantitative estimate of drug-likeness (QED) is 0.809. The fourth-order valence-corrected chi connectivity index (χ4v) is 3.55. The van der Waals surface area contributed by atoms with E-state index in [2.05, 4.69) is 18.8 Å². The van der Waals surface area contributed by atoms with Crippen molar-refractivity contribution in [1.29, 1.82) is 0 Å². The van der Waals surface area contributed by atoms with Gasteiger partial charge in [-0.25, -0.2) is 0 Å². The van der Waals surface area contributed by atoms with Crippen LogP contribution < -0.4 is 4.74 Å². The molecule has 0 aliphatic carbocycles. The summed E-state index contributed by atoms with van der Waals surface area (Å²) in [5, 5.41) is 0. The summed E-state index contributed by atoms with van der Waals surface area (Å²) in [5.74, 6) is 1.95. The van der Waals surface area contributed by atoms with Crippen LogP contribution in [0.25, 0.3) is 0 Å². The number of aromatic nitrogens is 1. The zero-order valence-electron chi connectivity index (χ0n) is 14.0. The molecule has 1 amide bonds. The summed E-state index contributed by atoms with van der Waals surface area (Å²) in [4.78, 5) is 18.1. The summed E-state index contributed by atoms with van der Waals surface area (Å²) < 4.78 is 11.8. The Labute approximate surface area is 138 Å². The first-order valence-electron chi connectivity index (χ1n) is 8.53. The Bertz CT molecular complexity index is 526. The van der Waals surface area contributed by atoms with Gasteiger partial charge < -0.3 is 14.4 Å². The molecular formula is C18H26N2O3. The Morgan fingerprint density at radius 3 is 3.04 bits per heavy atom. The largest absolute Gasteiger partial charge is 0.492 e.